The number of ether oxygens (including phenoxy) is 2. The summed E-state index contributed by atoms with van der Waals surface area (Å²) in [4.78, 5) is 16.0. The Balaban J connectivity index is 2.30. The highest BCUT2D eigenvalue weighted by atomic mass is 35.5. The van der Waals surface area contributed by atoms with Gasteiger partial charge in [-0.05, 0) is 24.3 Å². The standard InChI is InChI=1S/C14H12Cl2N2O3/c1-20-9-3-4-11(21-2)10(7-9)17-14(19)8-5-12(15)18-13(16)6-8/h3-7H,1-2H3,(H,17,19). The summed E-state index contributed by atoms with van der Waals surface area (Å²) in [5.41, 5.74) is 0.774. The van der Waals surface area contributed by atoms with Crippen molar-refractivity contribution in [3.63, 3.8) is 0 Å². The molecule has 0 bridgehead atoms. The molecule has 0 aliphatic rings. The molecular weight excluding hydrogens is 315 g/mol. The summed E-state index contributed by atoms with van der Waals surface area (Å²) in [5, 5.41) is 3.01. The molecule has 0 fully saturated rings. The summed E-state index contributed by atoms with van der Waals surface area (Å²) in [6.07, 6.45) is 0. The first-order valence-corrected chi connectivity index (χ1v) is 6.65. The number of aromatic nitrogens is 1. The van der Waals surface area contributed by atoms with Crippen LogP contribution in [0.4, 0.5) is 5.69 Å². The number of amides is 1. The predicted octanol–water partition coefficient (Wildman–Crippen LogP) is 3.66. The van der Waals surface area contributed by atoms with E-state index in [0.717, 1.165) is 0 Å². The first-order valence-electron chi connectivity index (χ1n) is 5.90. The lowest BCUT2D eigenvalue weighted by atomic mass is 10.2. The molecule has 0 unspecified atom stereocenters. The van der Waals surface area contributed by atoms with Crippen molar-refractivity contribution in [2.45, 2.75) is 0 Å². The van der Waals surface area contributed by atoms with Crippen LogP contribution >= 0.6 is 23.2 Å². The number of rotatable bonds is 4. The van der Waals surface area contributed by atoms with E-state index in [0.29, 0.717) is 22.7 Å². The van der Waals surface area contributed by atoms with E-state index >= 15 is 0 Å². The Kier molecular flexibility index (Phi) is 4.88. The van der Waals surface area contributed by atoms with E-state index in [4.69, 9.17) is 32.7 Å². The first-order chi connectivity index (χ1) is 10.0. The Bertz CT molecular complexity index is 657. The smallest absolute Gasteiger partial charge is 0.255 e. The quantitative estimate of drug-likeness (QED) is 0.871. The highest BCUT2D eigenvalue weighted by Crippen LogP contribution is 2.29. The van der Waals surface area contributed by atoms with E-state index in [-0.39, 0.29) is 16.2 Å². The minimum atomic E-state index is -0.382. The lowest BCUT2D eigenvalue weighted by molar-refractivity contribution is 0.102. The molecule has 2 aromatic rings. The third kappa shape index (κ3) is 3.77. The zero-order chi connectivity index (χ0) is 15.4. The van der Waals surface area contributed by atoms with Gasteiger partial charge in [0, 0.05) is 11.6 Å². The monoisotopic (exact) mass is 326 g/mol. The Morgan fingerprint density at radius 3 is 2.33 bits per heavy atom. The number of carbonyl (C=O) groups excluding carboxylic acids is 1. The molecule has 0 aliphatic heterocycles. The Labute approximate surface area is 131 Å². The summed E-state index contributed by atoms with van der Waals surface area (Å²) in [6, 6.07) is 7.93. The van der Waals surface area contributed by atoms with Gasteiger partial charge >= 0.3 is 0 Å². The highest BCUT2D eigenvalue weighted by molar-refractivity contribution is 6.33. The predicted molar refractivity (Wildman–Crippen MR) is 81.8 cm³/mol. The van der Waals surface area contributed by atoms with Gasteiger partial charge in [0.25, 0.3) is 5.91 Å². The molecule has 0 saturated carbocycles. The molecule has 1 N–H and O–H groups in total. The summed E-state index contributed by atoms with van der Waals surface area (Å²) < 4.78 is 10.3. The van der Waals surface area contributed by atoms with Gasteiger partial charge in [-0.15, -0.1) is 0 Å². The van der Waals surface area contributed by atoms with Crippen LogP contribution in [0.25, 0.3) is 0 Å². The molecule has 110 valence electrons. The highest BCUT2D eigenvalue weighted by Gasteiger charge is 2.12. The van der Waals surface area contributed by atoms with Crippen LogP contribution in [0.1, 0.15) is 10.4 Å². The first kappa shape index (κ1) is 15.4. The van der Waals surface area contributed by atoms with Crippen molar-refractivity contribution < 1.29 is 14.3 Å². The molecule has 0 radical (unpaired) electrons. The van der Waals surface area contributed by atoms with Crippen LogP contribution in [0.5, 0.6) is 11.5 Å². The van der Waals surface area contributed by atoms with Crippen LogP contribution in [0.3, 0.4) is 0 Å². The molecular formula is C14H12Cl2N2O3. The lowest BCUT2D eigenvalue weighted by Gasteiger charge is -2.12. The van der Waals surface area contributed by atoms with E-state index in [1.165, 1.54) is 26.4 Å². The van der Waals surface area contributed by atoms with Crippen LogP contribution in [-0.2, 0) is 0 Å². The Morgan fingerprint density at radius 1 is 1.10 bits per heavy atom. The number of hydrogen-bond donors (Lipinski definition) is 1. The van der Waals surface area contributed by atoms with Crippen molar-refractivity contribution >= 4 is 34.8 Å². The number of methoxy groups -OCH3 is 2. The fourth-order valence-electron chi connectivity index (χ4n) is 1.70. The third-order valence-electron chi connectivity index (χ3n) is 2.68. The van der Waals surface area contributed by atoms with Crippen LogP contribution in [0.2, 0.25) is 10.3 Å². The number of benzene rings is 1. The number of nitrogens with one attached hydrogen (secondary N) is 1. The average Bonchev–Trinajstić information content (AvgIpc) is 2.46. The molecule has 0 spiro atoms. The molecule has 1 aromatic heterocycles. The Morgan fingerprint density at radius 2 is 1.76 bits per heavy atom. The van der Waals surface area contributed by atoms with Crippen molar-refractivity contribution in [1.29, 1.82) is 0 Å². The summed E-state index contributed by atoms with van der Waals surface area (Å²) in [5.74, 6) is 0.722. The van der Waals surface area contributed by atoms with Crippen LogP contribution in [-0.4, -0.2) is 25.1 Å². The van der Waals surface area contributed by atoms with Gasteiger partial charge in [0.15, 0.2) is 0 Å². The van der Waals surface area contributed by atoms with Crippen LogP contribution in [0.15, 0.2) is 30.3 Å². The second-order valence-corrected chi connectivity index (χ2v) is 4.80. The number of hydrogen-bond acceptors (Lipinski definition) is 4. The van der Waals surface area contributed by atoms with Gasteiger partial charge in [0.05, 0.1) is 19.9 Å². The van der Waals surface area contributed by atoms with Gasteiger partial charge in [-0.1, -0.05) is 23.2 Å². The Hall–Kier alpha value is -1.98. The normalized spacial score (nSPS) is 10.1. The molecule has 5 nitrogen and oxygen atoms in total. The molecule has 21 heavy (non-hydrogen) atoms. The molecule has 0 aliphatic carbocycles. The molecule has 0 atom stereocenters. The second-order valence-electron chi connectivity index (χ2n) is 4.02. The maximum atomic E-state index is 12.2. The third-order valence-corrected chi connectivity index (χ3v) is 3.07. The van der Waals surface area contributed by atoms with Gasteiger partial charge < -0.3 is 14.8 Å². The van der Waals surface area contributed by atoms with E-state index in [1.807, 2.05) is 0 Å². The van der Waals surface area contributed by atoms with E-state index in [1.54, 1.807) is 18.2 Å². The minimum Gasteiger partial charge on any atom is -0.497 e. The lowest BCUT2D eigenvalue weighted by Crippen LogP contribution is -2.13. The van der Waals surface area contributed by atoms with Gasteiger partial charge in [-0.25, -0.2) is 4.98 Å². The topological polar surface area (TPSA) is 60.5 Å². The molecule has 1 aromatic carbocycles. The minimum absolute atomic E-state index is 0.144. The summed E-state index contributed by atoms with van der Waals surface area (Å²) in [7, 11) is 3.05. The number of nitrogens with zero attached hydrogens (tertiary/aromatic N) is 1. The van der Waals surface area contributed by atoms with Gasteiger partial charge in [0.2, 0.25) is 0 Å². The largest absolute Gasteiger partial charge is 0.497 e. The fraction of sp³-hybridized carbons (Fsp3) is 0.143. The summed E-state index contributed by atoms with van der Waals surface area (Å²) >= 11 is 11.6. The van der Waals surface area contributed by atoms with Crippen molar-refractivity contribution in [2.75, 3.05) is 19.5 Å². The summed E-state index contributed by atoms with van der Waals surface area (Å²) in [6.45, 7) is 0. The maximum Gasteiger partial charge on any atom is 0.255 e. The van der Waals surface area contributed by atoms with E-state index in [2.05, 4.69) is 10.3 Å². The SMILES string of the molecule is COc1ccc(OC)c(NC(=O)c2cc(Cl)nc(Cl)c2)c1. The van der Waals surface area contributed by atoms with Gasteiger partial charge in [0.1, 0.15) is 21.8 Å². The second kappa shape index (κ2) is 6.65. The number of carbonyl (C=O) groups is 1. The molecule has 1 amide bonds. The fourth-order valence-corrected chi connectivity index (χ4v) is 2.16. The number of halogens is 2. The van der Waals surface area contributed by atoms with Crippen molar-refractivity contribution in [3.05, 3.63) is 46.2 Å². The van der Waals surface area contributed by atoms with E-state index < -0.39 is 0 Å². The van der Waals surface area contributed by atoms with Crippen molar-refractivity contribution in [2.24, 2.45) is 0 Å². The van der Waals surface area contributed by atoms with Crippen LogP contribution < -0.4 is 14.8 Å². The number of anilines is 1. The van der Waals surface area contributed by atoms with Gasteiger partial charge in [-0.2, -0.15) is 0 Å². The molecule has 0 saturated heterocycles. The maximum absolute atomic E-state index is 12.2. The molecule has 7 heteroatoms. The van der Waals surface area contributed by atoms with Crippen molar-refractivity contribution in [3.8, 4) is 11.5 Å². The average molecular weight is 327 g/mol. The molecule has 2 rings (SSSR count). The van der Waals surface area contributed by atoms with Crippen LogP contribution in [0, 0.1) is 0 Å². The van der Waals surface area contributed by atoms with Crippen molar-refractivity contribution in [1.82, 2.24) is 4.98 Å². The molecule has 1 heterocycles. The zero-order valence-electron chi connectivity index (χ0n) is 11.3. The number of pyridine rings is 1. The van der Waals surface area contributed by atoms with E-state index in [9.17, 15) is 4.79 Å². The van der Waals surface area contributed by atoms with Gasteiger partial charge in [-0.3, -0.25) is 4.79 Å². The zero-order valence-corrected chi connectivity index (χ0v) is 12.8.